The normalized spacial score (nSPS) is 11.7. The Morgan fingerprint density at radius 1 is 1.21 bits per heavy atom. The average molecular weight is 275 g/mol. The summed E-state index contributed by atoms with van der Waals surface area (Å²) in [6, 6.07) is 8.06. The SMILES string of the molecule is CCC(CC)(CNc1ncc2ccccc2n1)SC. The highest BCUT2D eigenvalue weighted by Crippen LogP contribution is 2.30. The van der Waals surface area contributed by atoms with Crippen molar-refractivity contribution in [2.24, 2.45) is 0 Å². The summed E-state index contributed by atoms with van der Waals surface area (Å²) in [5, 5.41) is 4.47. The molecule has 0 unspecified atom stereocenters. The maximum absolute atomic E-state index is 4.55. The average Bonchev–Trinajstić information content (AvgIpc) is 2.49. The van der Waals surface area contributed by atoms with Crippen molar-refractivity contribution in [3.63, 3.8) is 0 Å². The van der Waals surface area contributed by atoms with Crippen molar-refractivity contribution in [1.29, 1.82) is 0 Å². The molecule has 0 aliphatic carbocycles. The number of hydrogen-bond acceptors (Lipinski definition) is 4. The minimum absolute atomic E-state index is 0.273. The Balaban J connectivity index is 2.13. The Labute approximate surface area is 119 Å². The van der Waals surface area contributed by atoms with E-state index in [9.17, 15) is 0 Å². The van der Waals surface area contributed by atoms with Crippen LogP contribution in [0.3, 0.4) is 0 Å². The predicted octanol–water partition coefficient (Wildman–Crippen LogP) is 3.96. The zero-order valence-electron chi connectivity index (χ0n) is 11.8. The van der Waals surface area contributed by atoms with Gasteiger partial charge in [-0.05, 0) is 25.2 Å². The molecule has 2 aromatic rings. The van der Waals surface area contributed by atoms with Crippen LogP contribution in [0.15, 0.2) is 30.5 Å². The molecule has 3 nitrogen and oxygen atoms in total. The molecule has 0 aliphatic rings. The molecule has 0 bridgehead atoms. The second-order valence-electron chi connectivity index (χ2n) is 4.70. The lowest BCUT2D eigenvalue weighted by atomic mass is 10.0. The number of benzene rings is 1. The van der Waals surface area contributed by atoms with Crippen molar-refractivity contribution in [2.45, 2.75) is 31.4 Å². The Morgan fingerprint density at radius 3 is 2.63 bits per heavy atom. The van der Waals surface area contributed by atoms with Crippen molar-refractivity contribution in [3.05, 3.63) is 30.5 Å². The lowest BCUT2D eigenvalue weighted by Crippen LogP contribution is -2.32. The Kier molecular flexibility index (Phi) is 4.64. The van der Waals surface area contributed by atoms with Gasteiger partial charge in [-0.2, -0.15) is 11.8 Å². The number of anilines is 1. The summed E-state index contributed by atoms with van der Waals surface area (Å²) < 4.78 is 0.273. The minimum Gasteiger partial charge on any atom is -0.353 e. The first kappa shape index (κ1) is 14.1. The van der Waals surface area contributed by atoms with Gasteiger partial charge >= 0.3 is 0 Å². The zero-order valence-corrected chi connectivity index (χ0v) is 12.6. The number of para-hydroxylation sites is 1. The Morgan fingerprint density at radius 2 is 1.95 bits per heavy atom. The molecule has 102 valence electrons. The highest BCUT2D eigenvalue weighted by atomic mass is 32.2. The van der Waals surface area contributed by atoms with Gasteiger partial charge in [0.2, 0.25) is 5.95 Å². The first-order valence-electron chi connectivity index (χ1n) is 6.74. The lowest BCUT2D eigenvalue weighted by Gasteiger charge is -2.29. The van der Waals surface area contributed by atoms with E-state index in [0.717, 1.165) is 36.2 Å². The topological polar surface area (TPSA) is 37.8 Å². The maximum Gasteiger partial charge on any atom is 0.223 e. The van der Waals surface area contributed by atoms with Crippen LogP contribution in [-0.2, 0) is 0 Å². The van der Waals surface area contributed by atoms with Gasteiger partial charge in [-0.15, -0.1) is 0 Å². The lowest BCUT2D eigenvalue weighted by molar-refractivity contribution is 0.573. The van der Waals surface area contributed by atoms with Crippen LogP contribution < -0.4 is 5.32 Å². The van der Waals surface area contributed by atoms with E-state index in [-0.39, 0.29) is 4.75 Å². The fraction of sp³-hybridized carbons (Fsp3) is 0.467. The second kappa shape index (κ2) is 6.24. The summed E-state index contributed by atoms with van der Waals surface area (Å²) in [4.78, 5) is 8.93. The quantitative estimate of drug-likeness (QED) is 0.866. The van der Waals surface area contributed by atoms with Crippen molar-refractivity contribution in [1.82, 2.24) is 9.97 Å². The molecule has 4 heteroatoms. The maximum atomic E-state index is 4.55. The Bertz CT molecular complexity index is 529. The molecular formula is C15H21N3S. The van der Waals surface area contributed by atoms with E-state index in [1.54, 1.807) is 0 Å². The van der Waals surface area contributed by atoms with E-state index in [2.05, 4.69) is 35.4 Å². The molecular weight excluding hydrogens is 254 g/mol. The number of fused-ring (bicyclic) bond motifs is 1. The molecule has 0 saturated heterocycles. The van der Waals surface area contributed by atoms with Gasteiger partial charge in [0.25, 0.3) is 0 Å². The van der Waals surface area contributed by atoms with Crippen LogP contribution in [0.2, 0.25) is 0 Å². The molecule has 0 spiro atoms. The third kappa shape index (κ3) is 3.18. The molecule has 2 rings (SSSR count). The fourth-order valence-corrected chi connectivity index (χ4v) is 2.95. The molecule has 1 aromatic carbocycles. The first-order valence-corrected chi connectivity index (χ1v) is 7.96. The third-order valence-electron chi connectivity index (χ3n) is 3.78. The van der Waals surface area contributed by atoms with Crippen LogP contribution >= 0.6 is 11.8 Å². The summed E-state index contributed by atoms with van der Waals surface area (Å²) in [5.74, 6) is 0.721. The third-order valence-corrected chi connectivity index (χ3v) is 5.37. The molecule has 0 aliphatic heterocycles. The molecule has 0 fully saturated rings. The van der Waals surface area contributed by atoms with Crippen LogP contribution in [0.4, 0.5) is 5.95 Å². The van der Waals surface area contributed by atoms with Gasteiger partial charge in [0, 0.05) is 22.9 Å². The van der Waals surface area contributed by atoms with E-state index in [0.29, 0.717) is 0 Å². The van der Waals surface area contributed by atoms with Crippen molar-refractivity contribution in [3.8, 4) is 0 Å². The smallest absolute Gasteiger partial charge is 0.223 e. The number of aromatic nitrogens is 2. The van der Waals surface area contributed by atoms with E-state index in [1.165, 1.54) is 0 Å². The number of nitrogens with zero attached hydrogens (tertiary/aromatic N) is 2. The zero-order chi connectivity index (χ0) is 13.7. The first-order chi connectivity index (χ1) is 9.23. The summed E-state index contributed by atoms with van der Waals surface area (Å²) in [6.45, 7) is 5.38. The number of rotatable bonds is 6. The van der Waals surface area contributed by atoms with Gasteiger partial charge < -0.3 is 5.32 Å². The standard InChI is InChI=1S/C15H21N3S/c1-4-15(5-2,19-3)11-17-14-16-10-12-8-6-7-9-13(12)18-14/h6-10H,4-5,11H2,1-3H3,(H,16,17,18). The van der Waals surface area contributed by atoms with E-state index >= 15 is 0 Å². The highest BCUT2D eigenvalue weighted by Gasteiger charge is 2.24. The second-order valence-corrected chi connectivity index (χ2v) is 5.97. The van der Waals surface area contributed by atoms with Crippen LogP contribution in [0.1, 0.15) is 26.7 Å². The van der Waals surface area contributed by atoms with E-state index < -0.39 is 0 Å². The fourth-order valence-electron chi connectivity index (χ4n) is 2.16. The predicted molar refractivity (Wildman–Crippen MR) is 84.9 cm³/mol. The number of thioether (sulfide) groups is 1. The monoisotopic (exact) mass is 275 g/mol. The van der Waals surface area contributed by atoms with Gasteiger partial charge in [-0.3, -0.25) is 0 Å². The molecule has 0 atom stereocenters. The van der Waals surface area contributed by atoms with Crippen molar-refractivity contribution < 1.29 is 0 Å². The van der Waals surface area contributed by atoms with Gasteiger partial charge in [0.1, 0.15) is 0 Å². The summed E-state index contributed by atoms with van der Waals surface area (Å²) in [5.41, 5.74) is 0.989. The largest absolute Gasteiger partial charge is 0.353 e. The van der Waals surface area contributed by atoms with Crippen LogP contribution in [-0.4, -0.2) is 27.5 Å². The molecule has 1 aromatic heterocycles. The molecule has 0 radical (unpaired) electrons. The van der Waals surface area contributed by atoms with E-state index in [4.69, 9.17) is 0 Å². The molecule has 0 saturated carbocycles. The summed E-state index contributed by atoms with van der Waals surface area (Å²) in [7, 11) is 0. The van der Waals surface area contributed by atoms with Crippen molar-refractivity contribution in [2.75, 3.05) is 18.1 Å². The number of hydrogen-bond donors (Lipinski definition) is 1. The Hall–Kier alpha value is -1.29. The van der Waals surface area contributed by atoms with Gasteiger partial charge in [0.05, 0.1) is 5.52 Å². The highest BCUT2D eigenvalue weighted by molar-refractivity contribution is 8.00. The summed E-state index contributed by atoms with van der Waals surface area (Å²) >= 11 is 1.92. The molecule has 0 amide bonds. The van der Waals surface area contributed by atoms with Crippen LogP contribution in [0.5, 0.6) is 0 Å². The van der Waals surface area contributed by atoms with Crippen molar-refractivity contribution >= 4 is 28.6 Å². The minimum atomic E-state index is 0.273. The van der Waals surface area contributed by atoms with Gasteiger partial charge in [-0.25, -0.2) is 9.97 Å². The summed E-state index contributed by atoms with van der Waals surface area (Å²) in [6.07, 6.45) is 6.34. The van der Waals surface area contributed by atoms with E-state index in [1.807, 2.05) is 42.2 Å². The van der Waals surface area contributed by atoms with Gasteiger partial charge in [0.15, 0.2) is 0 Å². The van der Waals surface area contributed by atoms with Crippen LogP contribution in [0.25, 0.3) is 10.9 Å². The van der Waals surface area contributed by atoms with Crippen LogP contribution in [0, 0.1) is 0 Å². The molecule has 1 N–H and O–H groups in total. The number of nitrogens with one attached hydrogen (secondary N) is 1. The molecule has 19 heavy (non-hydrogen) atoms. The van der Waals surface area contributed by atoms with Gasteiger partial charge in [-0.1, -0.05) is 32.0 Å². The molecule has 1 heterocycles.